The molecule has 0 spiro atoms. The highest BCUT2D eigenvalue weighted by Gasteiger charge is 2.38. The molecule has 2 saturated heterocycles. The number of nitrogens with one attached hydrogen (secondary N) is 1. The summed E-state index contributed by atoms with van der Waals surface area (Å²) in [4.78, 5) is 6.94. The van der Waals surface area contributed by atoms with Gasteiger partial charge >= 0.3 is 0 Å². The number of hydrogen-bond donors (Lipinski definition) is 1. The van der Waals surface area contributed by atoms with Crippen LogP contribution < -0.4 is 10.1 Å². The van der Waals surface area contributed by atoms with Crippen LogP contribution in [0.25, 0.3) is 0 Å². The summed E-state index contributed by atoms with van der Waals surface area (Å²) in [5.74, 6) is 0.799. The van der Waals surface area contributed by atoms with Gasteiger partial charge in [0.05, 0.1) is 0 Å². The van der Waals surface area contributed by atoms with Crippen molar-refractivity contribution in [2.24, 2.45) is 0 Å². The van der Waals surface area contributed by atoms with E-state index in [9.17, 15) is 0 Å². The maximum Gasteiger partial charge on any atom is 0.213 e. The van der Waals surface area contributed by atoms with E-state index < -0.39 is 0 Å². The number of aromatic nitrogens is 1. The van der Waals surface area contributed by atoms with Crippen LogP contribution in [0.1, 0.15) is 50.5 Å². The lowest BCUT2D eigenvalue weighted by molar-refractivity contribution is 0.114. The van der Waals surface area contributed by atoms with E-state index >= 15 is 0 Å². The minimum atomic E-state index is 0.403. The fourth-order valence-electron chi connectivity index (χ4n) is 4.12. The van der Waals surface area contributed by atoms with Crippen molar-refractivity contribution >= 4 is 0 Å². The molecule has 1 saturated carbocycles. The molecule has 4 nitrogen and oxygen atoms in total. The van der Waals surface area contributed by atoms with Gasteiger partial charge in [-0.25, -0.2) is 4.98 Å². The van der Waals surface area contributed by atoms with Crippen molar-refractivity contribution in [2.45, 2.75) is 75.7 Å². The van der Waals surface area contributed by atoms with Crippen LogP contribution in [0.3, 0.4) is 0 Å². The van der Waals surface area contributed by atoms with Gasteiger partial charge in [-0.15, -0.1) is 0 Å². The monoisotopic (exact) mass is 301 g/mol. The molecule has 2 bridgehead atoms. The largest absolute Gasteiger partial charge is 0.474 e. The summed E-state index contributed by atoms with van der Waals surface area (Å²) in [7, 11) is 2.30. The lowest BCUT2D eigenvalue weighted by Crippen LogP contribution is -2.46. The third-order valence-electron chi connectivity index (χ3n) is 5.83. The van der Waals surface area contributed by atoms with Crippen molar-refractivity contribution in [3.8, 4) is 5.88 Å². The lowest BCUT2D eigenvalue weighted by Gasteiger charge is -2.36. The van der Waals surface area contributed by atoms with E-state index in [-0.39, 0.29) is 0 Å². The third kappa shape index (κ3) is 2.99. The van der Waals surface area contributed by atoms with E-state index in [0.717, 1.165) is 24.5 Å². The standard InChI is InChI=1S/C18H27N3O/c1-21-15-5-6-16(21)11-14(10-15)20-12-13-7-8-19-18(9-13)22-17-3-2-4-17/h7-9,14-17,20H,2-6,10-12H2,1H3. The summed E-state index contributed by atoms with van der Waals surface area (Å²) in [6.07, 6.45) is 11.3. The van der Waals surface area contributed by atoms with Gasteiger partial charge in [-0.1, -0.05) is 0 Å². The molecule has 3 heterocycles. The average molecular weight is 301 g/mol. The molecule has 3 aliphatic rings. The normalized spacial score (nSPS) is 32.0. The molecule has 0 aromatic carbocycles. The Morgan fingerprint density at radius 3 is 2.68 bits per heavy atom. The summed E-state index contributed by atoms with van der Waals surface area (Å²) < 4.78 is 5.90. The Morgan fingerprint density at radius 2 is 2.00 bits per heavy atom. The molecule has 3 fully saturated rings. The van der Waals surface area contributed by atoms with Crippen LogP contribution in [0.5, 0.6) is 5.88 Å². The van der Waals surface area contributed by atoms with Gasteiger partial charge in [0.25, 0.3) is 0 Å². The molecule has 2 aliphatic heterocycles. The second-order valence-electron chi connectivity index (χ2n) is 7.27. The molecule has 4 rings (SSSR count). The molecular formula is C18H27N3O. The topological polar surface area (TPSA) is 37.4 Å². The molecule has 0 radical (unpaired) electrons. The van der Waals surface area contributed by atoms with Gasteiger partial charge in [-0.2, -0.15) is 0 Å². The lowest BCUT2D eigenvalue weighted by atomic mass is 9.96. The summed E-state index contributed by atoms with van der Waals surface area (Å²) in [6, 6.07) is 6.47. The van der Waals surface area contributed by atoms with Gasteiger partial charge in [-0.05, 0) is 63.6 Å². The highest BCUT2D eigenvalue weighted by Crippen LogP contribution is 2.34. The molecule has 1 aromatic rings. The first-order valence-electron chi connectivity index (χ1n) is 8.85. The quantitative estimate of drug-likeness (QED) is 0.907. The zero-order chi connectivity index (χ0) is 14.9. The van der Waals surface area contributed by atoms with E-state index in [2.05, 4.69) is 34.4 Å². The zero-order valence-corrected chi connectivity index (χ0v) is 13.5. The number of pyridine rings is 1. The number of ether oxygens (including phenoxy) is 1. The highest BCUT2D eigenvalue weighted by molar-refractivity contribution is 5.21. The SMILES string of the molecule is CN1C2CCC1CC(NCc1ccnc(OC3CCC3)c1)C2. The number of rotatable bonds is 5. The molecular weight excluding hydrogens is 274 g/mol. The molecule has 1 aromatic heterocycles. The first kappa shape index (κ1) is 14.5. The third-order valence-corrected chi connectivity index (χ3v) is 5.83. The molecule has 0 amide bonds. The molecule has 120 valence electrons. The Hall–Kier alpha value is -1.13. The summed E-state index contributed by atoms with van der Waals surface area (Å²) in [5, 5.41) is 3.76. The maximum atomic E-state index is 5.90. The van der Waals surface area contributed by atoms with Crippen LogP contribution in [-0.4, -0.2) is 41.2 Å². The predicted octanol–water partition coefficient (Wildman–Crippen LogP) is 2.73. The minimum Gasteiger partial charge on any atom is -0.474 e. The van der Waals surface area contributed by atoms with Crippen LogP contribution >= 0.6 is 0 Å². The predicted molar refractivity (Wildman–Crippen MR) is 86.9 cm³/mol. The van der Waals surface area contributed by atoms with Crippen molar-refractivity contribution in [2.75, 3.05) is 7.05 Å². The molecule has 1 aliphatic carbocycles. The van der Waals surface area contributed by atoms with Gasteiger partial charge in [0, 0.05) is 36.9 Å². The Kier molecular flexibility index (Phi) is 4.05. The minimum absolute atomic E-state index is 0.403. The van der Waals surface area contributed by atoms with Gasteiger partial charge in [-0.3, -0.25) is 0 Å². The Labute approximate surface area is 133 Å². The Bertz CT molecular complexity index is 503. The number of piperidine rings is 1. The van der Waals surface area contributed by atoms with Crippen LogP contribution in [0.15, 0.2) is 18.3 Å². The number of nitrogens with zero attached hydrogens (tertiary/aromatic N) is 2. The maximum absolute atomic E-state index is 5.90. The van der Waals surface area contributed by atoms with E-state index in [0.29, 0.717) is 12.1 Å². The summed E-state index contributed by atoms with van der Waals surface area (Å²) in [6.45, 7) is 0.928. The summed E-state index contributed by atoms with van der Waals surface area (Å²) >= 11 is 0. The summed E-state index contributed by atoms with van der Waals surface area (Å²) in [5.41, 5.74) is 1.29. The second kappa shape index (κ2) is 6.17. The molecule has 2 unspecified atom stereocenters. The molecule has 4 heteroatoms. The van der Waals surface area contributed by atoms with Crippen LogP contribution in [0, 0.1) is 0 Å². The van der Waals surface area contributed by atoms with Crippen molar-refractivity contribution in [1.29, 1.82) is 0 Å². The van der Waals surface area contributed by atoms with E-state index in [4.69, 9.17) is 4.74 Å². The van der Waals surface area contributed by atoms with Crippen LogP contribution in [0.2, 0.25) is 0 Å². The van der Waals surface area contributed by atoms with E-state index in [1.807, 2.05) is 6.20 Å². The van der Waals surface area contributed by atoms with Crippen molar-refractivity contribution in [3.63, 3.8) is 0 Å². The second-order valence-corrected chi connectivity index (χ2v) is 7.27. The zero-order valence-electron chi connectivity index (χ0n) is 13.5. The van der Waals surface area contributed by atoms with E-state index in [1.165, 1.54) is 50.5 Å². The van der Waals surface area contributed by atoms with Crippen molar-refractivity contribution in [1.82, 2.24) is 15.2 Å². The van der Waals surface area contributed by atoms with Gasteiger partial charge in [0.2, 0.25) is 5.88 Å². The number of fused-ring (bicyclic) bond motifs is 2. The molecule has 1 N–H and O–H groups in total. The average Bonchev–Trinajstić information content (AvgIpc) is 2.72. The Morgan fingerprint density at radius 1 is 1.23 bits per heavy atom. The van der Waals surface area contributed by atoms with Crippen molar-refractivity contribution < 1.29 is 4.74 Å². The van der Waals surface area contributed by atoms with Gasteiger partial charge in [0.1, 0.15) is 6.10 Å². The van der Waals surface area contributed by atoms with Gasteiger partial charge < -0.3 is 15.0 Å². The Balaban J connectivity index is 1.31. The fourth-order valence-corrected chi connectivity index (χ4v) is 4.12. The van der Waals surface area contributed by atoms with Crippen LogP contribution in [0.4, 0.5) is 0 Å². The highest BCUT2D eigenvalue weighted by atomic mass is 16.5. The van der Waals surface area contributed by atoms with Gasteiger partial charge in [0.15, 0.2) is 0 Å². The van der Waals surface area contributed by atoms with Crippen LogP contribution in [-0.2, 0) is 6.54 Å². The van der Waals surface area contributed by atoms with E-state index in [1.54, 1.807) is 0 Å². The van der Waals surface area contributed by atoms with Crippen molar-refractivity contribution in [3.05, 3.63) is 23.9 Å². The first-order valence-corrected chi connectivity index (χ1v) is 8.85. The smallest absolute Gasteiger partial charge is 0.213 e. The fraction of sp³-hybridized carbons (Fsp3) is 0.722. The first-order chi connectivity index (χ1) is 10.8. The molecule has 2 atom stereocenters. The number of hydrogen-bond acceptors (Lipinski definition) is 4. The molecule has 22 heavy (non-hydrogen) atoms.